The molecule has 19 heteroatoms. The Morgan fingerprint density at radius 2 is 0.552 bits per heavy atom. The minimum Gasteiger partial charge on any atom is -0.462 e. The Morgan fingerprint density at radius 3 is 0.816 bits per heavy atom. The number of ether oxygens (including phenoxy) is 4. The number of phosphoric acid groups is 2. The predicted molar refractivity (Wildman–Crippen MR) is 349 cm³/mol. The van der Waals surface area contributed by atoms with Gasteiger partial charge < -0.3 is 33.8 Å². The number of phosphoric ester groups is 2. The summed E-state index contributed by atoms with van der Waals surface area (Å²) >= 11 is 0. The molecular formula is C68H132O17P2. The molecule has 0 spiro atoms. The molecule has 0 aliphatic rings. The molecule has 0 aliphatic carbocycles. The molecule has 3 N–H and O–H groups in total. The zero-order valence-electron chi connectivity index (χ0n) is 56.2. The van der Waals surface area contributed by atoms with Crippen LogP contribution in [-0.2, 0) is 65.4 Å². The van der Waals surface area contributed by atoms with Crippen LogP contribution in [0.4, 0.5) is 0 Å². The van der Waals surface area contributed by atoms with Crippen LogP contribution in [0.15, 0.2) is 0 Å². The van der Waals surface area contributed by atoms with Gasteiger partial charge in [-0.15, -0.1) is 0 Å². The highest BCUT2D eigenvalue weighted by atomic mass is 31.2. The Kier molecular flexibility index (Phi) is 60.2. The van der Waals surface area contributed by atoms with Crippen molar-refractivity contribution < 1.29 is 80.2 Å². The van der Waals surface area contributed by atoms with E-state index in [0.29, 0.717) is 25.7 Å². The first-order valence-electron chi connectivity index (χ1n) is 35.7. The van der Waals surface area contributed by atoms with Crippen molar-refractivity contribution in [3.63, 3.8) is 0 Å². The van der Waals surface area contributed by atoms with Crippen LogP contribution in [0.3, 0.4) is 0 Å². The minimum absolute atomic E-state index is 0.105. The maximum atomic E-state index is 13.0. The molecule has 0 aromatic carbocycles. The summed E-state index contributed by atoms with van der Waals surface area (Å²) in [6.07, 6.45) is 47.2. The normalized spacial score (nSPS) is 14.4. The van der Waals surface area contributed by atoms with Gasteiger partial charge in [0.2, 0.25) is 0 Å². The zero-order valence-corrected chi connectivity index (χ0v) is 57.9. The Balaban J connectivity index is 5.22. The Bertz CT molecular complexity index is 1690. The SMILES string of the molecule is CCCCCCCCCCCCCCCCC(=O)OC[C@H](COP(=O)(O)OC[C@@H](O)COP(=O)(O)OC[C@@H](COC(=O)CCCCCCCCC)OC(=O)CCCCCCCCCCC(C)CC)OC(=O)CCCCCCCCCCCCCCCC. The van der Waals surface area contributed by atoms with E-state index in [1.165, 1.54) is 161 Å². The first kappa shape index (κ1) is 85.1. The van der Waals surface area contributed by atoms with Crippen molar-refractivity contribution in [2.75, 3.05) is 39.6 Å². The smallest absolute Gasteiger partial charge is 0.462 e. The van der Waals surface area contributed by atoms with Crippen molar-refractivity contribution in [1.29, 1.82) is 0 Å². The number of rotatable bonds is 68. The Labute approximate surface area is 530 Å². The Hall–Kier alpha value is -1.94. The van der Waals surface area contributed by atoms with Crippen LogP contribution in [0.1, 0.15) is 349 Å². The fourth-order valence-electron chi connectivity index (χ4n) is 10.3. The first-order valence-corrected chi connectivity index (χ1v) is 38.7. The van der Waals surface area contributed by atoms with Crippen LogP contribution in [-0.4, -0.2) is 96.7 Å². The molecule has 87 heavy (non-hydrogen) atoms. The molecule has 0 saturated carbocycles. The van der Waals surface area contributed by atoms with Crippen LogP contribution in [0.5, 0.6) is 0 Å². The number of carbonyl (C=O) groups excluding carboxylic acids is 4. The highest BCUT2D eigenvalue weighted by Gasteiger charge is 2.30. The van der Waals surface area contributed by atoms with Gasteiger partial charge in [0.15, 0.2) is 12.2 Å². The number of unbranched alkanes of at least 4 members (excludes halogenated alkanes) is 39. The van der Waals surface area contributed by atoms with E-state index in [2.05, 4.69) is 34.6 Å². The topological polar surface area (TPSA) is 237 Å². The van der Waals surface area contributed by atoms with Gasteiger partial charge in [-0.2, -0.15) is 0 Å². The number of carbonyl (C=O) groups is 4. The van der Waals surface area contributed by atoms with Gasteiger partial charge in [0.25, 0.3) is 0 Å². The summed E-state index contributed by atoms with van der Waals surface area (Å²) in [5.74, 6) is -1.36. The van der Waals surface area contributed by atoms with Crippen molar-refractivity contribution in [1.82, 2.24) is 0 Å². The van der Waals surface area contributed by atoms with Gasteiger partial charge in [-0.1, -0.05) is 298 Å². The molecule has 0 saturated heterocycles. The molecule has 0 heterocycles. The predicted octanol–water partition coefficient (Wildman–Crippen LogP) is 19.4. The zero-order chi connectivity index (χ0) is 64.2. The van der Waals surface area contributed by atoms with Gasteiger partial charge in [-0.3, -0.25) is 37.3 Å². The number of hydrogen-bond acceptors (Lipinski definition) is 15. The van der Waals surface area contributed by atoms with Crippen molar-refractivity contribution >= 4 is 39.5 Å². The van der Waals surface area contributed by atoms with E-state index < -0.39 is 97.5 Å². The highest BCUT2D eigenvalue weighted by Crippen LogP contribution is 2.45. The van der Waals surface area contributed by atoms with Crippen molar-refractivity contribution in [3.8, 4) is 0 Å². The van der Waals surface area contributed by atoms with Crippen LogP contribution in [0.25, 0.3) is 0 Å². The number of hydrogen-bond donors (Lipinski definition) is 3. The number of esters is 4. The molecule has 0 fully saturated rings. The summed E-state index contributed by atoms with van der Waals surface area (Å²) in [6, 6.07) is 0. The summed E-state index contributed by atoms with van der Waals surface area (Å²) in [7, 11) is -9.89. The van der Waals surface area contributed by atoms with E-state index in [1.807, 2.05) is 0 Å². The molecule has 0 aromatic rings. The van der Waals surface area contributed by atoms with E-state index in [1.54, 1.807) is 0 Å². The third-order valence-electron chi connectivity index (χ3n) is 16.1. The van der Waals surface area contributed by atoms with Crippen LogP contribution in [0.2, 0.25) is 0 Å². The summed E-state index contributed by atoms with van der Waals surface area (Å²) in [5, 5.41) is 10.6. The average molecular weight is 1280 g/mol. The molecule has 0 amide bonds. The second-order valence-electron chi connectivity index (χ2n) is 24.8. The Morgan fingerprint density at radius 1 is 0.322 bits per heavy atom. The molecule has 0 aliphatic heterocycles. The quantitative estimate of drug-likeness (QED) is 0.0222. The first-order chi connectivity index (χ1) is 42.1. The van der Waals surface area contributed by atoms with E-state index in [9.17, 15) is 43.2 Å². The third-order valence-corrected chi connectivity index (χ3v) is 18.0. The highest BCUT2D eigenvalue weighted by molar-refractivity contribution is 7.47. The molecule has 0 aromatic heterocycles. The fourth-order valence-corrected chi connectivity index (χ4v) is 11.8. The van der Waals surface area contributed by atoms with Gasteiger partial charge in [-0.05, 0) is 31.6 Å². The minimum atomic E-state index is -4.95. The van der Waals surface area contributed by atoms with Crippen molar-refractivity contribution in [2.24, 2.45) is 5.92 Å². The molecule has 3 unspecified atom stereocenters. The average Bonchev–Trinajstić information content (AvgIpc) is 3.55. The summed E-state index contributed by atoms with van der Waals surface area (Å²) < 4.78 is 68.1. The van der Waals surface area contributed by atoms with Crippen LogP contribution >= 0.6 is 15.6 Å². The van der Waals surface area contributed by atoms with E-state index >= 15 is 0 Å². The molecule has 17 nitrogen and oxygen atoms in total. The largest absolute Gasteiger partial charge is 0.472 e. The van der Waals surface area contributed by atoms with E-state index in [4.69, 9.17) is 37.0 Å². The maximum absolute atomic E-state index is 13.0. The lowest BCUT2D eigenvalue weighted by Crippen LogP contribution is -2.30. The van der Waals surface area contributed by atoms with Gasteiger partial charge in [0.05, 0.1) is 26.4 Å². The monoisotopic (exact) mass is 1280 g/mol. The molecule has 0 rings (SSSR count). The van der Waals surface area contributed by atoms with E-state index in [0.717, 1.165) is 109 Å². The second-order valence-corrected chi connectivity index (χ2v) is 27.7. The lowest BCUT2D eigenvalue weighted by molar-refractivity contribution is -0.161. The summed E-state index contributed by atoms with van der Waals surface area (Å²) in [4.78, 5) is 72.3. The lowest BCUT2D eigenvalue weighted by atomic mass is 9.99. The standard InChI is InChI=1S/C68H132O17P2/c1-6-10-13-16-19-21-23-25-27-29-31-37-42-47-52-66(71)79-58-64(84-67(72)53-48-43-38-32-30-28-26-24-22-20-17-14-11-7-2)60-83-87(76,77)81-56-62(69)55-80-86(74,75)82-59-63(57-78-65(70)51-46-41-35-18-15-12-8-3)85-68(73)54-49-44-39-34-33-36-40-45-50-61(5)9-4/h61-64,69H,6-60H2,1-5H3,(H,74,75)(H,76,77)/t61?,62-,63+,64+/m0/s1. The summed E-state index contributed by atoms with van der Waals surface area (Å²) in [6.45, 7) is 7.19. The molecule has 0 radical (unpaired) electrons. The van der Waals surface area contributed by atoms with Crippen LogP contribution in [0, 0.1) is 5.92 Å². The molecule has 516 valence electrons. The van der Waals surface area contributed by atoms with Crippen molar-refractivity contribution in [3.05, 3.63) is 0 Å². The molecule has 0 bridgehead atoms. The van der Waals surface area contributed by atoms with Gasteiger partial charge in [0, 0.05) is 25.7 Å². The second kappa shape index (κ2) is 61.6. The molecule has 6 atom stereocenters. The maximum Gasteiger partial charge on any atom is 0.472 e. The van der Waals surface area contributed by atoms with Gasteiger partial charge in [0.1, 0.15) is 19.3 Å². The number of aliphatic hydroxyl groups excluding tert-OH is 1. The van der Waals surface area contributed by atoms with E-state index in [-0.39, 0.29) is 25.7 Å². The van der Waals surface area contributed by atoms with Crippen LogP contribution < -0.4 is 0 Å². The number of aliphatic hydroxyl groups is 1. The third kappa shape index (κ3) is 61.3. The van der Waals surface area contributed by atoms with Gasteiger partial charge in [-0.25, -0.2) is 9.13 Å². The van der Waals surface area contributed by atoms with Gasteiger partial charge >= 0.3 is 39.5 Å². The van der Waals surface area contributed by atoms with Crippen molar-refractivity contribution in [2.45, 2.75) is 368 Å². The summed E-state index contributed by atoms with van der Waals surface area (Å²) in [5.41, 5.74) is 0. The fraction of sp³-hybridized carbons (Fsp3) is 0.941. The lowest BCUT2D eigenvalue weighted by Gasteiger charge is -2.21. The molecular weight excluding hydrogens is 1150 g/mol.